The summed E-state index contributed by atoms with van der Waals surface area (Å²) >= 11 is 0. The zero-order valence-electron chi connectivity index (χ0n) is 11.7. The van der Waals surface area contributed by atoms with Gasteiger partial charge in [-0.3, -0.25) is 0 Å². The van der Waals surface area contributed by atoms with E-state index in [0.29, 0.717) is 12.4 Å². The van der Waals surface area contributed by atoms with Gasteiger partial charge >= 0.3 is 5.97 Å². The molecule has 108 valence electrons. The standard InChI is InChI=1S/C17H16O4/c1-11-6-7-16(14(8-11)17(18)19)20-10-13-9-12-4-2-3-5-15(12)21-13/h2-8,13H,9-10H2,1H3,(H,18,19). The number of rotatable bonds is 4. The van der Waals surface area contributed by atoms with Crippen LogP contribution in [0.15, 0.2) is 42.5 Å². The van der Waals surface area contributed by atoms with Crippen LogP contribution in [0, 0.1) is 6.92 Å². The highest BCUT2D eigenvalue weighted by atomic mass is 16.5. The number of ether oxygens (including phenoxy) is 2. The summed E-state index contributed by atoms with van der Waals surface area (Å²) in [6, 6.07) is 13.0. The van der Waals surface area contributed by atoms with Crippen molar-refractivity contribution in [1.29, 1.82) is 0 Å². The Morgan fingerprint density at radius 3 is 2.90 bits per heavy atom. The van der Waals surface area contributed by atoms with Gasteiger partial charge in [-0.05, 0) is 30.7 Å². The number of hydrogen-bond donors (Lipinski definition) is 1. The Morgan fingerprint density at radius 1 is 1.33 bits per heavy atom. The van der Waals surface area contributed by atoms with Gasteiger partial charge in [0.25, 0.3) is 0 Å². The lowest BCUT2D eigenvalue weighted by molar-refractivity contribution is 0.0688. The molecule has 0 saturated carbocycles. The SMILES string of the molecule is Cc1ccc(OCC2Cc3ccccc3O2)c(C(=O)O)c1. The largest absolute Gasteiger partial charge is 0.489 e. The highest BCUT2D eigenvalue weighted by molar-refractivity contribution is 5.91. The average Bonchev–Trinajstić information content (AvgIpc) is 2.88. The molecule has 0 amide bonds. The molecule has 0 saturated heterocycles. The molecule has 0 radical (unpaired) electrons. The van der Waals surface area contributed by atoms with Crippen LogP contribution in [0.3, 0.4) is 0 Å². The lowest BCUT2D eigenvalue weighted by Crippen LogP contribution is -2.23. The zero-order valence-corrected chi connectivity index (χ0v) is 11.7. The van der Waals surface area contributed by atoms with Gasteiger partial charge in [0.05, 0.1) is 0 Å². The predicted molar refractivity (Wildman–Crippen MR) is 78.2 cm³/mol. The molecule has 1 unspecified atom stereocenters. The molecule has 2 aromatic rings. The van der Waals surface area contributed by atoms with Gasteiger partial charge in [0.2, 0.25) is 0 Å². The quantitative estimate of drug-likeness (QED) is 0.937. The average molecular weight is 284 g/mol. The van der Waals surface area contributed by atoms with Crippen molar-refractivity contribution >= 4 is 5.97 Å². The van der Waals surface area contributed by atoms with Gasteiger partial charge in [0.15, 0.2) is 0 Å². The number of carboxylic acids is 1. The van der Waals surface area contributed by atoms with Gasteiger partial charge in [-0.15, -0.1) is 0 Å². The topological polar surface area (TPSA) is 55.8 Å². The number of hydrogen-bond acceptors (Lipinski definition) is 3. The number of para-hydroxylation sites is 1. The van der Waals surface area contributed by atoms with E-state index in [4.69, 9.17) is 9.47 Å². The minimum Gasteiger partial charge on any atom is -0.489 e. The summed E-state index contributed by atoms with van der Waals surface area (Å²) in [6.07, 6.45) is 0.704. The molecule has 1 aliphatic rings. The first-order valence-electron chi connectivity index (χ1n) is 6.85. The second-order valence-corrected chi connectivity index (χ2v) is 5.17. The van der Waals surface area contributed by atoms with Crippen molar-refractivity contribution in [2.75, 3.05) is 6.61 Å². The van der Waals surface area contributed by atoms with Crippen LogP contribution in [0.2, 0.25) is 0 Å². The Labute approximate surface area is 122 Å². The predicted octanol–water partition coefficient (Wildman–Crippen LogP) is 3.08. The van der Waals surface area contributed by atoms with Crippen LogP contribution < -0.4 is 9.47 Å². The Hall–Kier alpha value is -2.49. The van der Waals surface area contributed by atoms with Crippen LogP contribution in [0.1, 0.15) is 21.5 Å². The number of benzene rings is 2. The van der Waals surface area contributed by atoms with E-state index in [2.05, 4.69) is 0 Å². The second kappa shape index (κ2) is 5.48. The normalized spacial score (nSPS) is 16.1. The highest BCUT2D eigenvalue weighted by Gasteiger charge is 2.23. The maximum absolute atomic E-state index is 11.2. The monoisotopic (exact) mass is 284 g/mol. The van der Waals surface area contributed by atoms with Crippen molar-refractivity contribution in [2.24, 2.45) is 0 Å². The molecule has 1 aliphatic heterocycles. The first-order valence-corrected chi connectivity index (χ1v) is 6.85. The number of carbonyl (C=O) groups is 1. The fourth-order valence-electron chi connectivity index (χ4n) is 2.47. The van der Waals surface area contributed by atoms with Crippen molar-refractivity contribution < 1.29 is 19.4 Å². The number of fused-ring (bicyclic) bond motifs is 1. The third-order valence-electron chi connectivity index (χ3n) is 3.50. The minimum absolute atomic E-state index is 0.0784. The Balaban J connectivity index is 1.68. The summed E-state index contributed by atoms with van der Waals surface area (Å²) in [5.74, 6) is 0.283. The van der Waals surface area contributed by atoms with Gasteiger partial charge in [-0.25, -0.2) is 4.79 Å². The third-order valence-corrected chi connectivity index (χ3v) is 3.50. The second-order valence-electron chi connectivity index (χ2n) is 5.17. The van der Waals surface area contributed by atoms with Crippen molar-refractivity contribution in [3.8, 4) is 11.5 Å². The molecule has 0 fully saturated rings. The third kappa shape index (κ3) is 2.84. The molecule has 4 heteroatoms. The highest BCUT2D eigenvalue weighted by Crippen LogP contribution is 2.29. The lowest BCUT2D eigenvalue weighted by atomic mass is 10.1. The lowest BCUT2D eigenvalue weighted by Gasteiger charge is -2.14. The molecule has 0 aromatic heterocycles. The first-order chi connectivity index (χ1) is 10.1. The van der Waals surface area contributed by atoms with E-state index < -0.39 is 5.97 Å². The van der Waals surface area contributed by atoms with Crippen LogP contribution in [0.5, 0.6) is 11.5 Å². The van der Waals surface area contributed by atoms with Crippen LogP contribution in [0.4, 0.5) is 0 Å². The summed E-state index contributed by atoms with van der Waals surface area (Å²) in [6.45, 7) is 2.19. The van der Waals surface area contributed by atoms with Crippen molar-refractivity contribution in [2.45, 2.75) is 19.4 Å². The first kappa shape index (κ1) is 13.5. The fraction of sp³-hybridized carbons (Fsp3) is 0.235. The van der Waals surface area contributed by atoms with Gasteiger partial charge in [0, 0.05) is 6.42 Å². The van der Waals surface area contributed by atoms with E-state index >= 15 is 0 Å². The molecule has 4 nitrogen and oxygen atoms in total. The zero-order chi connectivity index (χ0) is 14.8. The summed E-state index contributed by atoms with van der Waals surface area (Å²) < 4.78 is 11.4. The van der Waals surface area contributed by atoms with E-state index in [9.17, 15) is 9.90 Å². The van der Waals surface area contributed by atoms with E-state index in [0.717, 1.165) is 23.3 Å². The summed E-state index contributed by atoms with van der Waals surface area (Å²) in [5.41, 5.74) is 2.24. The molecule has 21 heavy (non-hydrogen) atoms. The molecule has 0 spiro atoms. The maximum Gasteiger partial charge on any atom is 0.339 e. The minimum atomic E-state index is -0.982. The van der Waals surface area contributed by atoms with Gasteiger partial charge < -0.3 is 14.6 Å². The molecule has 1 N–H and O–H groups in total. The Morgan fingerprint density at radius 2 is 2.14 bits per heavy atom. The molecule has 3 rings (SSSR count). The molecule has 0 aliphatic carbocycles. The van der Waals surface area contributed by atoms with Crippen LogP contribution >= 0.6 is 0 Å². The molecule has 2 aromatic carbocycles. The Kier molecular flexibility index (Phi) is 3.52. The van der Waals surface area contributed by atoms with Crippen LogP contribution in [0.25, 0.3) is 0 Å². The van der Waals surface area contributed by atoms with Crippen molar-refractivity contribution in [3.63, 3.8) is 0 Å². The summed E-state index contributed by atoms with van der Waals surface area (Å²) in [7, 11) is 0. The van der Waals surface area contributed by atoms with Gasteiger partial charge in [0.1, 0.15) is 29.8 Å². The molecule has 1 heterocycles. The number of aromatic carboxylic acids is 1. The summed E-state index contributed by atoms with van der Waals surface area (Å²) in [4.78, 5) is 11.2. The Bertz CT molecular complexity index is 653. The molecular weight excluding hydrogens is 268 g/mol. The van der Waals surface area contributed by atoms with E-state index in [1.807, 2.05) is 37.3 Å². The number of aryl methyl sites for hydroxylation is 1. The van der Waals surface area contributed by atoms with Crippen LogP contribution in [-0.4, -0.2) is 23.8 Å². The fourth-order valence-corrected chi connectivity index (χ4v) is 2.47. The van der Waals surface area contributed by atoms with E-state index in [1.165, 1.54) is 0 Å². The smallest absolute Gasteiger partial charge is 0.339 e. The van der Waals surface area contributed by atoms with Crippen molar-refractivity contribution in [1.82, 2.24) is 0 Å². The van der Waals surface area contributed by atoms with Crippen molar-refractivity contribution in [3.05, 3.63) is 59.2 Å². The van der Waals surface area contributed by atoms with Gasteiger partial charge in [-0.2, -0.15) is 0 Å². The van der Waals surface area contributed by atoms with Crippen LogP contribution in [-0.2, 0) is 6.42 Å². The molecule has 0 bridgehead atoms. The molecule has 1 atom stereocenters. The molecular formula is C17H16O4. The van der Waals surface area contributed by atoms with E-state index in [1.54, 1.807) is 12.1 Å². The van der Waals surface area contributed by atoms with Gasteiger partial charge in [-0.1, -0.05) is 29.8 Å². The maximum atomic E-state index is 11.2. The summed E-state index contributed by atoms with van der Waals surface area (Å²) in [5, 5.41) is 9.21. The number of carboxylic acid groups (broad SMARTS) is 1. The van der Waals surface area contributed by atoms with E-state index in [-0.39, 0.29) is 11.7 Å².